The van der Waals surface area contributed by atoms with Crippen LogP contribution in [0.5, 0.6) is 11.5 Å². The molecule has 27 heavy (non-hydrogen) atoms. The summed E-state index contributed by atoms with van der Waals surface area (Å²) >= 11 is 0. The van der Waals surface area contributed by atoms with E-state index in [-0.39, 0.29) is 25.7 Å². The molecule has 1 aromatic rings. The maximum atomic E-state index is 12.2. The molecule has 9 heteroatoms. The number of amides is 1. The van der Waals surface area contributed by atoms with Crippen molar-refractivity contribution in [1.82, 2.24) is 4.90 Å². The summed E-state index contributed by atoms with van der Waals surface area (Å²) in [5, 5.41) is 8.50. The van der Waals surface area contributed by atoms with Gasteiger partial charge in [-0.2, -0.15) is 0 Å². The van der Waals surface area contributed by atoms with Gasteiger partial charge in [0, 0.05) is 12.6 Å². The van der Waals surface area contributed by atoms with Crippen LogP contribution in [0.4, 0.5) is 4.79 Å². The zero-order valence-corrected chi connectivity index (χ0v) is 15.3. The number of carbonyl (C=O) groups is 3. The number of rotatable bonds is 9. The predicted octanol–water partition coefficient (Wildman–Crippen LogP) is 2.17. The SMILES string of the molecule is CCN(C(=O)OCOC(=O)CCC(=O)O)[C@@H](C)Cc1ccc2c(c1)OCO2. The molecule has 1 aromatic carbocycles. The third-order valence-electron chi connectivity index (χ3n) is 4.02. The highest BCUT2D eigenvalue weighted by molar-refractivity contribution is 5.76. The first-order valence-electron chi connectivity index (χ1n) is 8.60. The fourth-order valence-electron chi connectivity index (χ4n) is 2.65. The highest BCUT2D eigenvalue weighted by Crippen LogP contribution is 2.33. The second-order valence-electron chi connectivity index (χ2n) is 5.96. The van der Waals surface area contributed by atoms with E-state index in [1.807, 2.05) is 32.0 Å². The van der Waals surface area contributed by atoms with E-state index in [0.717, 1.165) is 5.56 Å². The Morgan fingerprint density at radius 2 is 1.93 bits per heavy atom. The van der Waals surface area contributed by atoms with Crippen LogP contribution in [0.3, 0.4) is 0 Å². The van der Waals surface area contributed by atoms with Gasteiger partial charge in [-0.3, -0.25) is 9.59 Å². The van der Waals surface area contributed by atoms with Crippen LogP contribution in [0.25, 0.3) is 0 Å². The summed E-state index contributed by atoms with van der Waals surface area (Å²) in [6.07, 6.45) is -0.639. The van der Waals surface area contributed by atoms with E-state index < -0.39 is 24.8 Å². The van der Waals surface area contributed by atoms with E-state index in [0.29, 0.717) is 24.5 Å². The third-order valence-corrected chi connectivity index (χ3v) is 4.02. The van der Waals surface area contributed by atoms with Gasteiger partial charge in [-0.25, -0.2) is 4.79 Å². The quantitative estimate of drug-likeness (QED) is 0.512. The van der Waals surface area contributed by atoms with Crippen LogP contribution in [0, 0.1) is 0 Å². The molecule has 0 aromatic heterocycles. The lowest BCUT2D eigenvalue weighted by Crippen LogP contribution is -2.40. The minimum absolute atomic E-state index is 0.161. The van der Waals surface area contributed by atoms with Gasteiger partial charge in [0.05, 0.1) is 12.8 Å². The number of carboxylic acids is 1. The molecule has 0 bridgehead atoms. The van der Waals surface area contributed by atoms with Crippen molar-refractivity contribution in [2.75, 3.05) is 20.1 Å². The standard InChI is InChI=1S/C18H23NO8/c1-3-19(18(23)27-11-26-17(22)7-6-16(20)21)12(2)8-13-4-5-14-15(9-13)25-10-24-14/h4-5,9,12H,3,6-8,10-11H2,1-2H3,(H,20,21)/t12-/m0/s1. The molecule has 1 amide bonds. The molecule has 1 heterocycles. The summed E-state index contributed by atoms with van der Waals surface area (Å²) in [7, 11) is 0. The lowest BCUT2D eigenvalue weighted by Gasteiger charge is -2.27. The summed E-state index contributed by atoms with van der Waals surface area (Å²) in [5.74, 6) is -0.457. The zero-order chi connectivity index (χ0) is 19.8. The molecule has 2 rings (SSSR count). The summed E-state index contributed by atoms with van der Waals surface area (Å²) in [4.78, 5) is 35.4. The van der Waals surface area contributed by atoms with Crippen molar-refractivity contribution in [3.05, 3.63) is 23.8 Å². The molecule has 0 fully saturated rings. The molecule has 0 saturated carbocycles. The van der Waals surface area contributed by atoms with Gasteiger partial charge in [-0.05, 0) is 38.0 Å². The molecular weight excluding hydrogens is 358 g/mol. The first-order valence-corrected chi connectivity index (χ1v) is 8.60. The molecule has 0 aliphatic carbocycles. The second-order valence-corrected chi connectivity index (χ2v) is 5.96. The second kappa shape index (κ2) is 9.65. The maximum absolute atomic E-state index is 12.2. The maximum Gasteiger partial charge on any atom is 0.412 e. The number of benzene rings is 1. The summed E-state index contributed by atoms with van der Waals surface area (Å²) in [6.45, 7) is 3.76. The Bertz CT molecular complexity index is 690. The van der Waals surface area contributed by atoms with Crippen molar-refractivity contribution in [3.63, 3.8) is 0 Å². The predicted molar refractivity (Wildman–Crippen MR) is 92.4 cm³/mol. The van der Waals surface area contributed by atoms with Crippen LogP contribution < -0.4 is 9.47 Å². The Morgan fingerprint density at radius 3 is 2.63 bits per heavy atom. The molecule has 1 atom stereocenters. The number of carboxylic acid groups (broad SMARTS) is 1. The van der Waals surface area contributed by atoms with Crippen LogP contribution in [-0.4, -0.2) is 54.2 Å². The third kappa shape index (κ3) is 6.05. The fraction of sp³-hybridized carbons (Fsp3) is 0.500. The lowest BCUT2D eigenvalue weighted by atomic mass is 10.1. The highest BCUT2D eigenvalue weighted by atomic mass is 16.7. The van der Waals surface area contributed by atoms with Crippen molar-refractivity contribution in [1.29, 1.82) is 0 Å². The van der Waals surface area contributed by atoms with Gasteiger partial charge in [0.1, 0.15) is 0 Å². The normalized spacial score (nSPS) is 13.0. The van der Waals surface area contributed by atoms with Crippen molar-refractivity contribution in [2.24, 2.45) is 0 Å². The summed E-state index contributed by atoms with van der Waals surface area (Å²) in [5.41, 5.74) is 0.984. The first kappa shape index (κ1) is 20.3. The molecule has 1 aliphatic rings. The molecule has 9 nitrogen and oxygen atoms in total. The van der Waals surface area contributed by atoms with Gasteiger partial charge in [-0.1, -0.05) is 6.07 Å². The van der Waals surface area contributed by atoms with Crippen molar-refractivity contribution in [3.8, 4) is 11.5 Å². The Hall–Kier alpha value is -2.97. The van der Waals surface area contributed by atoms with E-state index in [2.05, 4.69) is 0 Å². The monoisotopic (exact) mass is 381 g/mol. The largest absolute Gasteiger partial charge is 0.481 e. The number of nitrogens with zero attached hydrogens (tertiary/aromatic N) is 1. The van der Waals surface area contributed by atoms with Gasteiger partial charge in [0.25, 0.3) is 0 Å². The number of esters is 1. The minimum Gasteiger partial charge on any atom is -0.481 e. The molecule has 0 radical (unpaired) electrons. The zero-order valence-electron chi connectivity index (χ0n) is 15.3. The number of carbonyl (C=O) groups excluding carboxylic acids is 2. The highest BCUT2D eigenvalue weighted by Gasteiger charge is 2.22. The van der Waals surface area contributed by atoms with Crippen LogP contribution in [-0.2, 0) is 25.5 Å². The van der Waals surface area contributed by atoms with Crippen LogP contribution in [0.15, 0.2) is 18.2 Å². The van der Waals surface area contributed by atoms with Crippen molar-refractivity contribution < 1.29 is 38.4 Å². The number of hydrogen-bond donors (Lipinski definition) is 1. The smallest absolute Gasteiger partial charge is 0.412 e. The Kier molecular flexibility index (Phi) is 7.27. The molecule has 148 valence electrons. The van der Waals surface area contributed by atoms with Crippen molar-refractivity contribution >= 4 is 18.0 Å². The lowest BCUT2D eigenvalue weighted by molar-refractivity contribution is -0.155. The van der Waals surface area contributed by atoms with E-state index in [4.69, 9.17) is 24.1 Å². The van der Waals surface area contributed by atoms with E-state index in [1.165, 1.54) is 4.90 Å². The van der Waals surface area contributed by atoms with E-state index in [1.54, 1.807) is 0 Å². The van der Waals surface area contributed by atoms with Crippen LogP contribution in [0.2, 0.25) is 0 Å². The number of aliphatic carboxylic acids is 1. The van der Waals surface area contributed by atoms with Gasteiger partial charge >= 0.3 is 18.0 Å². The number of ether oxygens (including phenoxy) is 4. The van der Waals surface area contributed by atoms with Gasteiger partial charge in [0.2, 0.25) is 13.6 Å². The van der Waals surface area contributed by atoms with Crippen LogP contribution in [0.1, 0.15) is 32.3 Å². The topological polar surface area (TPSA) is 112 Å². The first-order chi connectivity index (χ1) is 12.9. The Balaban J connectivity index is 1.81. The molecule has 0 saturated heterocycles. The number of likely N-dealkylation sites (N-methyl/N-ethyl adjacent to an activating group) is 1. The number of fused-ring (bicyclic) bond motifs is 1. The van der Waals surface area contributed by atoms with E-state index >= 15 is 0 Å². The Morgan fingerprint density at radius 1 is 1.19 bits per heavy atom. The Labute approximate surface area is 156 Å². The van der Waals surface area contributed by atoms with E-state index in [9.17, 15) is 14.4 Å². The molecule has 1 aliphatic heterocycles. The average Bonchev–Trinajstić information content (AvgIpc) is 3.08. The van der Waals surface area contributed by atoms with Gasteiger partial charge in [-0.15, -0.1) is 0 Å². The van der Waals surface area contributed by atoms with Crippen molar-refractivity contribution in [2.45, 2.75) is 39.2 Å². The van der Waals surface area contributed by atoms with Gasteiger partial charge in [0.15, 0.2) is 11.5 Å². The van der Waals surface area contributed by atoms with Crippen LogP contribution >= 0.6 is 0 Å². The number of hydrogen-bond acceptors (Lipinski definition) is 7. The molecule has 0 unspecified atom stereocenters. The molecular formula is C18H23NO8. The van der Waals surface area contributed by atoms with Gasteiger partial charge < -0.3 is 29.0 Å². The molecule has 1 N–H and O–H groups in total. The molecule has 0 spiro atoms. The minimum atomic E-state index is -1.10. The summed E-state index contributed by atoms with van der Waals surface area (Å²) < 4.78 is 20.3. The summed E-state index contributed by atoms with van der Waals surface area (Å²) in [6, 6.07) is 5.45. The average molecular weight is 381 g/mol. The fourth-order valence-corrected chi connectivity index (χ4v) is 2.65.